The van der Waals surface area contributed by atoms with E-state index < -0.39 is 0 Å². The van der Waals surface area contributed by atoms with Gasteiger partial charge in [-0.25, -0.2) is 0 Å². The highest BCUT2D eigenvalue weighted by Gasteiger charge is 2.09. The number of rotatable bonds is 9. The smallest absolute Gasteiger partial charge is 0.132 e. The molecule has 0 saturated heterocycles. The SMILES string of the molecule is CCCC(=O)CCCc1ccc(OCC)c(C(C)C)c1. The molecule has 0 aromatic heterocycles. The Kier molecular flexibility index (Phi) is 7.35. The number of hydrogen-bond acceptors (Lipinski definition) is 2. The first-order chi connectivity index (χ1) is 9.58. The van der Waals surface area contributed by atoms with Gasteiger partial charge in [0.1, 0.15) is 11.5 Å². The molecule has 112 valence electrons. The van der Waals surface area contributed by atoms with Crippen LogP contribution >= 0.6 is 0 Å². The van der Waals surface area contributed by atoms with Crippen molar-refractivity contribution in [2.45, 2.75) is 65.7 Å². The Balaban J connectivity index is 2.63. The van der Waals surface area contributed by atoms with Crippen molar-refractivity contribution in [2.75, 3.05) is 6.61 Å². The molecule has 0 fully saturated rings. The zero-order valence-electron chi connectivity index (χ0n) is 13.4. The van der Waals surface area contributed by atoms with Crippen LogP contribution < -0.4 is 4.74 Å². The summed E-state index contributed by atoms with van der Waals surface area (Å²) in [5.74, 6) is 1.84. The van der Waals surface area contributed by atoms with Crippen LogP contribution in [0, 0.1) is 0 Å². The molecule has 0 bridgehead atoms. The number of carbonyl (C=O) groups is 1. The lowest BCUT2D eigenvalue weighted by atomic mass is 9.97. The zero-order valence-corrected chi connectivity index (χ0v) is 13.4. The third-order valence-corrected chi connectivity index (χ3v) is 3.45. The molecule has 0 saturated carbocycles. The van der Waals surface area contributed by atoms with Gasteiger partial charge in [-0.3, -0.25) is 4.79 Å². The van der Waals surface area contributed by atoms with Crippen molar-refractivity contribution >= 4 is 5.78 Å². The maximum atomic E-state index is 11.5. The minimum atomic E-state index is 0.391. The Labute approximate surface area is 123 Å². The van der Waals surface area contributed by atoms with Crippen LogP contribution in [0.1, 0.15) is 70.4 Å². The standard InChI is InChI=1S/C18H28O2/c1-5-8-16(19)10-7-9-15-11-12-18(20-6-2)17(13-15)14(3)4/h11-14H,5-10H2,1-4H3. The number of benzene rings is 1. The third-order valence-electron chi connectivity index (χ3n) is 3.45. The monoisotopic (exact) mass is 276 g/mol. The summed E-state index contributed by atoms with van der Waals surface area (Å²) in [5, 5.41) is 0. The molecule has 1 aromatic carbocycles. The second-order valence-electron chi connectivity index (χ2n) is 5.60. The first kappa shape index (κ1) is 16.7. The summed E-state index contributed by atoms with van der Waals surface area (Å²) in [6, 6.07) is 6.43. The van der Waals surface area contributed by atoms with Crippen LogP contribution in [0.15, 0.2) is 18.2 Å². The van der Waals surface area contributed by atoms with Gasteiger partial charge in [-0.15, -0.1) is 0 Å². The molecule has 0 unspecified atom stereocenters. The van der Waals surface area contributed by atoms with Gasteiger partial charge in [-0.2, -0.15) is 0 Å². The molecule has 1 aromatic rings. The van der Waals surface area contributed by atoms with Gasteiger partial charge >= 0.3 is 0 Å². The topological polar surface area (TPSA) is 26.3 Å². The molecule has 0 aliphatic carbocycles. The van der Waals surface area contributed by atoms with Crippen molar-refractivity contribution in [1.29, 1.82) is 0 Å². The van der Waals surface area contributed by atoms with E-state index in [0.29, 0.717) is 24.7 Å². The number of aryl methyl sites for hydroxylation is 1. The summed E-state index contributed by atoms with van der Waals surface area (Å²) in [7, 11) is 0. The maximum Gasteiger partial charge on any atom is 0.132 e. The molecular formula is C18H28O2. The van der Waals surface area contributed by atoms with Crippen molar-refractivity contribution in [3.05, 3.63) is 29.3 Å². The van der Waals surface area contributed by atoms with Gasteiger partial charge in [0.2, 0.25) is 0 Å². The summed E-state index contributed by atoms with van der Waals surface area (Å²) < 4.78 is 5.67. The number of Topliss-reactive ketones (excluding diaryl/α,β-unsaturated/α-hetero) is 1. The van der Waals surface area contributed by atoms with E-state index in [4.69, 9.17) is 4.74 Å². The van der Waals surface area contributed by atoms with Crippen LogP contribution in [-0.2, 0) is 11.2 Å². The van der Waals surface area contributed by atoms with E-state index in [1.54, 1.807) is 0 Å². The molecule has 0 N–H and O–H groups in total. The van der Waals surface area contributed by atoms with E-state index in [1.807, 2.05) is 6.92 Å². The lowest BCUT2D eigenvalue weighted by Crippen LogP contribution is -2.01. The van der Waals surface area contributed by atoms with Crippen molar-refractivity contribution in [1.82, 2.24) is 0 Å². The lowest BCUT2D eigenvalue weighted by molar-refractivity contribution is -0.119. The van der Waals surface area contributed by atoms with E-state index in [2.05, 4.69) is 39.0 Å². The highest BCUT2D eigenvalue weighted by Crippen LogP contribution is 2.28. The van der Waals surface area contributed by atoms with E-state index >= 15 is 0 Å². The Morgan fingerprint density at radius 1 is 1.20 bits per heavy atom. The minimum absolute atomic E-state index is 0.391. The first-order valence-corrected chi connectivity index (χ1v) is 7.85. The van der Waals surface area contributed by atoms with Crippen LogP contribution in [0.4, 0.5) is 0 Å². The van der Waals surface area contributed by atoms with Crippen LogP contribution in [-0.4, -0.2) is 12.4 Å². The molecule has 0 aliphatic rings. The van der Waals surface area contributed by atoms with E-state index in [9.17, 15) is 4.79 Å². The fraction of sp³-hybridized carbons (Fsp3) is 0.611. The lowest BCUT2D eigenvalue weighted by Gasteiger charge is -2.14. The van der Waals surface area contributed by atoms with Gasteiger partial charge < -0.3 is 4.74 Å². The summed E-state index contributed by atoms with van der Waals surface area (Å²) in [5.41, 5.74) is 2.57. The molecule has 0 spiro atoms. The van der Waals surface area contributed by atoms with Crippen LogP contribution in [0.25, 0.3) is 0 Å². The van der Waals surface area contributed by atoms with Gasteiger partial charge in [0.05, 0.1) is 6.61 Å². The molecule has 2 heteroatoms. The summed E-state index contributed by atoms with van der Waals surface area (Å²) in [4.78, 5) is 11.5. The van der Waals surface area contributed by atoms with Gasteiger partial charge in [-0.1, -0.05) is 32.9 Å². The number of ether oxygens (including phenoxy) is 1. The van der Waals surface area contributed by atoms with Gasteiger partial charge in [0.25, 0.3) is 0 Å². The van der Waals surface area contributed by atoms with Gasteiger partial charge in [0.15, 0.2) is 0 Å². The molecule has 0 amide bonds. The molecule has 20 heavy (non-hydrogen) atoms. The number of ketones is 1. The highest BCUT2D eigenvalue weighted by atomic mass is 16.5. The largest absolute Gasteiger partial charge is 0.494 e. The molecule has 2 nitrogen and oxygen atoms in total. The normalized spacial score (nSPS) is 10.8. The van der Waals surface area contributed by atoms with Crippen molar-refractivity contribution in [3.63, 3.8) is 0 Å². The number of hydrogen-bond donors (Lipinski definition) is 0. The Bertz CT molecular complexity index is 421. The predicted octanol–water partition coefficient (Wildman–Crippen LogP) is 4.90. The number of carbonyl (C=O) groups excluding carboxylic acids is 1. The molecule has 0 aliphatic heterocycles. The Hall–Kier alpha value is -1.31. The second-order valence-corrected chi connectivity index (χ2v) is 5.60. The fourth-order valence-electron chi connectivity index (χ4n) is 2.39. The van der Waals surface area contributed by atoms with E-state index in [0.717, 1.165) is 31.4 Å². The van der Waals surface area contributed by atoms with E-state index in [1.165, 1.54) is 11.1 Å². The Morgan fingerprint density at radius 3 is 2.55 bits per heavy atom. The molecule has 0 heterocycles. The van der Waals surface area contributed by atoms with Crippen molar-refractivity contribution < 1.29 is 9.53 Å². The first-order valence-electron chi connectivity index (χ1n) is 7.85. The average Bonchev–Trinajstić information content (AvgIpc) is 2.40. The van der Waals surface area contributed by atoms with Gasteiger partial charge in [0, 0.05) is 12.8 Å². The maximum absolute atomic E-state index is 11.5. The van der Waals surface area contributed by atoms with Crippen molar-refractivity contribution in [3.8, 4) is 5.75 Å². The summed E-state index contributed by atoms with van der Waals surface area (Å²) >= 11 is 0. The summed E-state index contributed by atoms with van der Waals surface area (Å²) in [6.07, 6.45) is 4.31. The molecule has 1 rings (SSSR count). The Morgan fingerprint density at radius 2 is 1.95 bits per heavy atom. The van der Waals surface area contributed by atoms with Gasteiger partial charge in [-0.05, 0) is 49.3 Å². The second kappa shape index (κ2) is 8.78. The summed E-state index contributed by atoms with van der Waals surface area (Å²) in [6.45, 7) is 9.14. The molecule has 0 atom stereocenters. The van der Waals surface area contributed by atoms with Crippen LogP contribution in [0.3, 0.4) is 0 Å². The predicted molar refractivity (Wildman–Crippen MR) is 84.6 cm³/mol. The molecule has 0 radical (unpaired) electrons. The minimum Gasteiger partial charge on any atom is -0.494 e. The fourth-order valence-corrected chi connectivity index (χ4v) is 2.39. The average molecular weight is 276 g/mol. The molecular weight excluding hydrogens is 248 g/mol. The quantitative estimate of drug-likeness (QED) is 0.641. The highest BCUT2D eigenvalue weighted by molar-refractivity contribution is 5.78. The van der Waals surface area contributed by atoms with E-state index in [-0.39, 0.29) is 0 Å². The zero-order chi connectivity index (χ0) is 15.0. The third kappa shape index (κ3) is 5.36. The van der Waals surface area contributed by atoms with Crippen LogP contribution in [0.2, 0.25) is 0 Å². The van der Waals surface area contributed by atoms with Crippen LogP contribution in [0.5, 0.6) is 5.75 Å². The van der Waals surface area contributed by atoms with Crippen molar-refractivity contribution in [2.24, 2.45) is 0 Å².